The molecule has 0 fully saturated rings. The van der Waals surface area contributed by atoms with Gasteiger partial charge in [-0.2, -0.15) is 26.3 Å². The average Bonchev–Trinajstić information content (AvgIpc) is 3.07. The predicted molar refractivity (Wildman–Crippen MR) is 116 cm³/mol. The molecule has 1 heterocycles. The summed E-state index contributed by atoms with van der Waals surface area (Å²) < 4.78 is 81.4. The second-order valence-corrected chi connectivity index (χ2v) is 10.0. The van der Waals surface area contributed by atoms with Crippen LogP contribution in [-0.2, 0) is 23.7 Å². The van der Waals surface area contributed by atoms with Crippen molar-refractivity contribution >= 4 is 10.1 Å². The smallest absolute Gasteiger partial charge is 0.304 e. The first-order valence-electron chi connectivity index (χ1n) is 11.8. The van der Waals surface area contributed by atoms with Gasteiger partial charge < -0.3 is 4.18 Å². The van der Waals surface area contributed by atoms with E-state index in [9.17, 15) is 26.0 Å². The summed E-state index contributed by atoms with van der Waals surface area (Å²) in [7, 11) is -4.41. The first-order chi connectivity index (χ1) is 15.1. The third-order valence-electron chi connectivity index (χ3n) is 5.54. The fourth-order valence-corrected chi connectivity index (χ4v) is 4.27. The molecular weight excluding hydrogens is 448 g/mol. The summed E-state index contributed by atoms with van der Waals surface area (Å²) in [5.41, 5.74) is 0. The highest BCUT2D eigenvalue weighted by Gasteiger charge is 2.57. The van der Waals surface area contributed by atoms with Crippen LogP contribution in [0.2, 0.25) is 0 Å². The molecule has 1 aromatic heterocycles. The van der Waals surface area contributed by atoms with Crippen molar-refractivity contribution in [2.45, 2.75) is 115 Å². The summed E-state index contributed by atoms with van der Waals surface area (Å²) in [5, 5.41) is -5.27. The zero-order chi connectivity index (χ0) is 24.0. The minimum Gasteiger partial charge on any atom is -0.304 e. The predicted octanol–water partition coefficient (Wildman–Crippen LogP) is 6.36. The molecule has 0 aliphatic carbocycles. The molecular formula is C22H39F4N2O3S+. The fraction of sp³-hybridized carbons (Fsp3) is 0.864. The number of rotatable bonds is 19. The van der Waals surface area contributed by atoms with Crippen LogP contribution in [0.5, 0.6) is 6.01 Å². The SMILES string of the molecule is CCCCCCCCCCCCCCCCn1cc[n+](C)c1OS(=O)(=O)C(F)(F)C(F)F. The van der Waals surface area contributed by atoms with Crippen LogP contribution in [0.15, 0.2) is 12.4 Å². The van der Waals surface area contributed by atoms with E-state index in [1.807, 2.05) is 0 Å². The van der Waals surface area contributed by atoms with E-state index in [0.29, 0.717) is 13.0 Å². The number of alkyl halides is 4. The number of imidazole rings is 1. The summed E-state index contributed by atoms with van der Waals surface area (Å²) >= 11 is 0. The van der Waals surface area contributed by atoms with Crippen molar-refractivity contribution in [3.63, 3.8) is 0 Å². The highest BCUT2D eigenvalue weighted by molar-refractivity contribution is 7.88. The summed E-state index contributed by atoms with van der Waals surface area (Å²) in [5.74, 6) is 0. The molecule has 0 spiro atoms. The molecule has 5 nitrogen and oxygen atoms in total. The molecule has 0 aromatic carbocycles. The van der Waals surface area contributed by atoms with Gasteiger partial charge in [-0.15, -0.1) is 0 Å². The summed E-state index contributed by atoms with van der Waals surface area (Å²) in [6, 6.07) is -0.417. The summed E-state index contributed by atoms with van der Waals surface area (Å²) in [6.07, 6.45) is 15.2. The number of hydrogen-bond acceptors (Lipinski definition) is 3. The van der Waals surface area contributed by atoms with Crippen molar-refractivity contribution in [2.75, 3.05) is 0 Å². The van der Waals surface area contributed by atoms with Crippen LogP contribution in [0.4, 0.5) is 17.6 Å². The van der Waals surface area contributed by atoms with Gasteiger partial charge in [-0.25, -0.2) is 8.78 Å². The minimum absolute atomic E-state index is 0.351. The van der Waals surface area contributed by atoms with Gasteiger partial charge >= 0.3 is 27.8 Å². The van der Waals surface area contributed by atoms with E-state index >= 15 is 0 Å². The Kier molecular flexibility index (Phi) is 13.2. The number of nitrogens with zero attached hydrogens (tertiary/aromatic N) is 2. The molecule has 0 aliphatic heterocycles. The lowest BCUT2D eigenvalue weighted by atomic mass is 10.0. The van der Waals surface area contributed by atoms with Crippen LogP contribution in [0.1, 0.15) is 96.8 Å². The molecule has 1 rings (SSSR count). The number of halogens is 4. The van der Waals surface area contributed by atoms with Crippen LogP contribution in [0.3, 0.4) is 0 Å². The van der Waals surface area contributed by atoms with Crippen molar-refractivity contribution in [3.8, 4) is 6.01 Å². The normalized spacial score (nSPS) is 12.6. The van der Waals surface area contributed by atoms with Crippen LogP contribution in [-0.4, -0.2) is 24.7 Å². The Morgan fingerprint density at radius 2 is 1.34 bits per heavy atom. The average molecular weight is 488 g/mol. The van der Waals surface area contributed by atoms with Crippen molar-refractivity contribution in [3.05, 3.63) is 12.4 Å². The quantitative estimate of drug-likeness (QED) is 0.0987. The number of unbranched alkanes of at least 4 members (excludes halogenated alkanes) is 13. The standard InChI is InChI=1S/C22H39F4N2O3S/c1-3-4-5-6-7-8-9-10-11-12-13-14-15-16-17-28-19-18-27(2)21(28)31-32(29,30)22(25,26)20(23)24/h18-20H,3-17H2,1-2H3/q+1. The summed E-state index contributed by atoms with van der Waals surface area (Å²) in [6.45, 7) is 2.58. The van der Waals surface area contributed by atoms with Gasteiger partial charge in [0.1, 0.15) is 12.4 Å². The Morgan fingerprint density at radius 1 is 0.906 bits per heavy atom. The first-order valence-corrected chi connectivity index (χ1v) is 13.2. The molecule has 0 atom stereocenters. The molecule has 0 amide bonds. The molecule has 0 saturated heterocycles. The van der Waals surface area contributed by atoms with E-state index in [-0.39, 0.29) is 0 Å². The van der Waals surface area contributed by atoms with Crippen molar-refractivity contribution < 1.29 is 34.7 Å². The van der Waals surface area contributed by atoms with Gasteiger partial charge in [-0.1, -0.05) is 84.0 Å². The van der Waals surface area contributed by atoms with Crippen LogP contribution >= 0.6 is 0 Å². The Morgan fingerprint density at radius 3 is 1.78 bits per heavy atom. The first kappa shape index (κ1) is 28.7. The lowest BCUT2D eigenvalue weighted by Crippen LogP contribution is -2.42. The van der Waals surface area contributed by atoms with Gasteiger partial charge in [0.05, 0.1) is 13.6 Å². The monoisotopic (exact) mass is 487 g/mol. The third kappa shape index (κ3) is 9.67. The van der Waals surface area contributed by atoms with E-state index in [0.717, 1.165) is 19.3 Å². The molecule has 0 aliphatic rings. The van der Waals surface area contributed by atoms with Crippen LogP contribution in [0, 0.1) is 0 Å². The van der Waals surface area contributed by atoms with Crippen molar-refractivity contribution in [2.24, 2.45) is 7.05 Å². The van der Waals surface area contributed by atoms with E-state index in [4.69, 9.17) is 0 Å². The molecule has 0 N–H and O–H groups in total. The zero-order valence-electron chi connectivity index (χ0n) is 19.4. The number of aryl methyl sites for hydroxylation is 2. The maximum Gasteiger partial charge on any atom is 0.471 e. The van der Waals surface area contributed by atoms with Gasteiger partial charge in [0.25, 0.3) is 0 Å². The van der Waals surface area contributed by atoms with Gasteiger partial charge in [0.15, 0.2) is 0 Å². The van der Waals surface area contributed by atoms with E-state index in [1.165, 1.54) is 92.8 Å². The molecule has 0 bridgehead atoms. The Labute approximate surface area is 190 Å². The summed E-state index contributed by atoms with van der Waals surface area (Å²) in [4.78, 5) is 0. The second-order valence-electron chi connectivity index (χ2n) is 8.38. The third-order valence-corrected chi connectivity index (χ3v) is 6.76. The molecule has 1 aromatic rings. The Hall–Kier alpha value is -1.32. The fourth-order valence-electron chi connectivity index (χ4n) is 3.53. The second kappa shape index (κ2) is 14.8. The van der Waals surface area contributed by atoms with Gasteiger partial charge in [-0.3, -0.25) is 0 Å². The lowest BCUT2D eigenvalue weighted by molar-refractivity contribution is -0.674. The van der Waals surface area contributed by atoms with Crippen molar-refractivity contribution in [1.29, 1.82) is 0 Å². The minimum atomic E-state index is -5.81. The van der Waals surface area contributed by atoms with Gasteiger partial charge in [0.2, 0.25) is 0 Å². The number of aromatic nitrogens is 2. The lowest BCUT2D eigenvalue weighted by Gasteiger charge is -2.14. The molecule has 188 valence electrons. The maximum atomic E-state index is 13.3. The topological polar surface area (TPSA) is 52.2 Å². The Bertz CT molecular complexity index is 740. The van der Waals surface area contributed by atoms with Gasteiger partial charge in [0, 0.05) is 0 Å². The van der Waals surface area contributed by atoms with E-state index in [1.54, 1.807) is 0 Å². The molecule has 0 radical (unpaired) electrons. The van der Waals surface area contributed by atoms with E-state index in [2.05, 4.69) is 11.1 Å². The van der Waals surface area contributed by atoms with Crippen LogP contribution < -0.4 is 8.75 Å². The molecule has 32 heavy (non-hydrogen) atoms. The van der Waals surface area contributed by atoms with E-state index < -0.39 is 27.8 Å². The van der Waals surface area contributed by atoms with Crippen LogP contribution in [0.25, 0.3) is 0 Å². The Balaban J connectivity index is 2.24. The molecule has 0 unspecified atom stereocenters. The highest BCUT2D eigenvalue weighted by atomic mass is 32.2. The molecule has 10 heteroatoms. The number of hydrogen-bond donors (Lipinski definition) is 0. The van der Waals surface area contributed by atoms with Crippen molar-refractivity contribution in [1.82, 2.24) is 4.57 Å². The molecule has 0 saturated carbocycles. The highest BCUT2D eigenvalue weighted by Crippen LogP contribution is 2.31. The zero-order valence-corrected chi connectivity index (χ0v) is 20.2. The largest absolute Gasteiger partial charge is 0.471 e. The maximum absolute atomic E-state index is 13.3. The van der Waals surface area contributed by atoms with Gasteiger partial charge in [-0.05, 0) is 12.8 Å².